The Balaban J connectivity index is 3.20. The van der Waals surface area contributed by atoms with Gasteiger partial charge in [-0.1, -0.05) is 11.6 Å². The highest BCUT2D eigenvalue weighted by atomic mass is 35.5. The minimum absolute atomic E-state index is 0.152. The standard InChI is InChI=1S/C8H10ClN3O/c1-5-4-10-11-7(9)6(5)8(13)12(2)3/h4H,1-3H3. The number of hydrogen-bond acceptors (Lipinski definition) is 3. The van der Waals surface area contributed by atoms with Gasteiger partial charge in [-0.25, -0.2) is 0 Å². The van der Waals surface area contributed by atoms with Gasteiger partial charge in [0.15, 0.2) is 5.15 Å². The van der Waals surface area contributed by atoms with E-state index in [9.17, 15) is 4.79 Å². The number of aryl methyl sites for hydroxylation is 1. The van der Waals surface area contributed by atoms with Crippen LogP contribution in [-0.2, 0) is 0 Å². The zero-order valence-corrected chi connectivity index (χ0v) is 8.46. The van der Waals surface area contributed by atoms with Gasteiger partial charge in [0, 0.05) is 14.1 Å². The fourth-order valence-electron chi connectivity index (χ4n) is 0.924. The highest BCUT2D eigenvalue weighted by Crippen LogP contribution is 2.16. The van der Waals surface area contributed by atoms with Crippen LogP contribution in [0.1, 0.15) is 15.9 Å². The topological polar surface area (TPSA) is 46.1 Å². The van der Waals surface area contributed by atoms with Crippen molar-refractivity contribution in [3.63, 3.8) is 0 Å². The predicted molar refractivity (Wildman–Crippen MR) is 49.8 cm³/mol. The van der Waals surface area contributed by atoms with Gasteiger partial charge in [-0.3, -0.25) is 4.79 Å². The third-order valence-corrected chi connectivity index (χ3v) is 1.88. The Labute approximate surface area is 81.5 Å². The van der Waals surface area contributed by atoms with E-state index in [-0.39, 0.29) is 11.1 Å². The monoisotopic (exact) mass is 199 g/mol. The van der Waals surface area contributed by atoms with Crippen LogP contribution in [0.3, 0.4) is 0 Å². The molecule has 0 radical (unpaired) electrons. The van der Waals surface area contributed by atoms with Crippen LogP contribution in [0.15, 0.2) is 6.20 Å². The lowest BCUT2D eigenvalue weighted by Gasteiger charge is -2.12. The SMILES string of the molecule is Cc1cnnc(Cl)c1C(=O)N(C)C. The Morgan fingerprint density at radius 3 is 2.62 bits per heavy atom. The molecule has 0 bridgehead atoms. The van der Waals surface area contributed by atoms with Crippen LogP contribution in [0.25, 0.3) is 0 Å². The molecular weight excluding hydrogens is 190 g/mol. The fraction of sp³-hybridized carbons (Fsp3) is 0.375. The maximum atomic E-state index is 11.6. The second-order valence-electron chi connectivity index (χ2n) is 2.89. The van der Waals surface area contributed by atoms with Crippen LogP contribution >= 0.6 is 11.6 Å². The van der Waals surface area contributed by atoms with Gasteiger partial charge in [0.2, 0.25) is 0 Å². The minimum Gasteiger partial charge on any atom is -0.345 e. The molecule has 0 aliphatic heterocycles. The number of amides is 1. The predicted octanol–water partition coefficient (Wildman–Crippen LogP) is 1.14. The van der Waals surface area contributed by atoms with Crippen molar-refractivity contribution in [2.24, 2.45) is 0 Å². The van der Waals surface area contributed by atoms with Gasteiger partial charge in [0.25, 0.3) is 5.91 Å². The molecule has 0 aliphatic carbocycles. The Morgan fingerprint density at radius 2 is 2.15 bits per heavy atom. The number of hydrogen-bond donors (Lipinski definition) is 0. The summed E-state index contributed by atoms with van der Waals surface area (Å²) in [5.41, 5.74) is 1.15. The van der Waals surface area contributed by atoms with E-state index < -0.39 is 0 Å². The largest absolute Gasteiger partial charge is 0.345 e. The number of rotatable bonds is 1. The van der Waals surface area contributed by atoms with Crippen molar-refractivity contribution in [2.45, 2.75) is 6.92 Å². The smallest absolute Gasteiger partial charge is 0.256 e. The van der Waals surface area contributed by atoms with Crippen molar-refractivity contribution >= 4 is 17.5 Å². The lowest BCUT2D eigenvalue weighted by molar-refractivity contribution is 0.0826. The molecule has 1 aromatic heterocycles. The van der Waals surface area contributed by atoms with Crippen molar-refractivity contribution in [3.05, 3.63) is 22.5 Å². The molecule has 1 amide bonds. The maximum Gasteiger partial charge on any atom is 0.256 e. The molecule has 1 aromatic rings. The van der Waals surface area contributed by atoms with E-state index in [0.717, 1.165) is 5.56 Å². The van der Waals surface area contributed by atoms with Crippen LogP contribution in [0.4, 0.5) is 0 Å². The Morgan fingerprint density at radius 1 is 1.54 bits per heavy atom. The summed E-state index contributed by atoms with van der Waals surface area (Å²) in [6.45, 7) is 1.78. The van der Waals surface area contributed by atoms with Gasteiger partial charge in [-0.15, -0.1) is 5.10 Å². The van der Waals surface area contributed by atoms with Gasteiger partial charge in [0.05, 0.1) is 11.8 Å². The van der Waals surface area contributed by atoms with Gasteiger partial charge in [0.1, 0.15) is 0 Å². The first kappa shape index (κ1) is 9.92. The number of carbonyl (C=O) groups is 1. The van der Waals surface area contributed by atoms with E-state index in [2.05, 4.69) is 10.2 Å². The van der Waals surface area contributed by atoms with Crippen LogP contribution in [0.5, 0.6) is 0 Å². The zero-order valence-electron chi connectivity index (χ0n) is 7.71. The minimum atomic E-state index is -0.155. The Kier molecular flexibility index (Phi) is 2.83. The number of carbonyl (C=O) groups excluding carboxylic acids is 1. The lowest BCUT2D eigenvalue weighted by atomic mass is 10.2. The molecule has 0 spiro atoms. The van der Waals surface area contributed by atoms with Crippen molar-refractivity contribution in [1.82, 2.24) is 15.1 Å². The van der Waals surface area contributed by atoms with E-state index in [1.54, 1.807) is 21.0 Å². The van der Waals surface area contributed by atoms with Crippen LogP contribution < -0.4 is 0 Å². The molecule has 0 aromatic carbocycles. The molecule has 70 valence electrons. The fourth-order valence-corrected chi connectivity index (χ4v) is 1.20. The average Bonchev–Trinajstić information content (AvgIpc) is 2.03. The molecule has 0 N–H and O–H groups in total. The van der Waals surface area contributed by atoms with E-state index in [4.69, 9.17) is 11.6 Å². The number of halogens is 1. The summed E-state index contributed by atoms with van der Waals surface area (Å²) in [4.78, 5) is 13.0. The maximum absolute atomic E-state index is 11.6. The molecule has 13 heavy (non-hydrogen) atoms. The Bertz CT molecular complexity index is 318. The third kappa shape index (κ3) is 1.95. The second-order valence-corrected chi connectivity index (χ2v) is 3.25. The summed E-state index contributed by atoms with van der Waals surface area (Å²) in [7, 11) is 3.33. The summed E-state index contributed by atoms with van der Waals surface area (Å²) in [6.07, 6.45) is 1.52. The first-order valence-electron chi connectivity index (χ1n) is 3.73. The van der Waals surface area contributed by atoms with Crippen LogP contribution in [0.2, 0.25) is 5.15 Å². The molecule has 0 saturated carbocycles. The molecule has 1 heterocycles. The van der Waals surface area contributed by atoms with E-state index in [1.165, 1.54) is 11.1 Å². The molecule has 0 aliphatic rings. The molecule has 0 unspecified atom stereocenters. The van der Waals surface area contributed by atoms with Gasteiger partial charge in [-0.05, 0) is 12.5 Å². The molecule has 4 nitrogen and oxygen atoms in total. The van der Waals surface area contributed by atoms with Gasteiger partial charge < -0.3 is 4.90 Å². The van der Waals surface area contributed by atoms with Crippen molar-refractivity contribution < 1.29 is 4.79 Å². The molecule has 5 heteroatoms. The Hall–Kier alpha value is -1.16. The van der Waals surface area contributed by atoms with Crippen molar-refractivity contribution in [2.75, 3.05) is 14.1 Å². The number of aromatic nitrogens is 2. The molecule has 1 rings (SSSR count). The lowest BCUT2D eigenvalue weighted by Crippen LogP contribution is -2.23. The molecule has 0 fully saturated rings. The molecule has 0 atom stereocenters. The van der Waals surface area contributed by atoms with Crippen LogP contribution in [-0.4, -0.2) is 35.1 Å². The third-order valence-electron chi connectivity index (χ3n) is 1.62. The van der Waals surface area contributed by atoms with Gasteiger partial charge >= 0.3 is 0 Å². The van der Waals surface area contributed by atoms with Crippen molar-refractivity contribution in [1.29, 1.82) is 0 Å². The first-order valence-corrected chi connectivity index (χ1v) is 4.11. The van der Waals surface area contributed by atoms with Crippen molar-refractivity contribution in [3.8, 4) is 0 Å². The molecular formula is C8H10ClN3O. The van der Waals surface area contributed by atoms with E-state index in [1.807, 2.05) is 0 Å². The van der Waals surface area contributed by atoms with Gasteiger partial charge in [-0.2, -0.15) is 5.10 Å². The zero-order chi connectivity index (χ0) is 10.0. The normalized spacial score (nSPS) is 9.85. The first-order chi connectivity index (χ1) is 6.04. The summed E-state index contributed by atoms with van der Waals surface area (Å²) in [5.74, 6) is -0.155. The summed E-state index contributed by atoms with van der Waals surface area (Å²) in [6, 6.07) is 0. The summed E-state index contributed by atoms with van der Waals surface area (Å²) >= 11 is 5.75. The highest BCUT2D eigenvalue weighted by Gasteiger charge is 2.16. The molecule has 0 saturated heterocycles. The summed E-state index contributed by atoms with van der Waals surface area (Å²) in [5, 5.41) is 7.40. The average molecular weight is 200 g/mol. The second kappa shape index (κ2) is 3.70. The number of nitrogens with zero attached hydrogens (tertiary/aromatic N) is 3. The quantitative estimate of drug-likeness (QED) is 0.682. The highest BCUT2D eigenvalue weighted by molar-refractivity contribution is 6.32. The van der Waals surface area contributed by atoms with Crippen LogP contribution in [0, 0.1) is 6.92 Å². The summed E-state index contributed by atoms with van der Waals surface area (Å²) < 4.78 is 0. The van der Waals surface area contributed by atoms with E-state index >= 15 is 0 Å². The van der Waals surface area contributed by atoms with E-state index in [0.29, 0.717) is 5.56 Å².